The van der Waals surface area contributed by atoms with Crippen LogP contribution in [0.2, 0.25) is 0 Å². The Labute approximate surface area is 119 Å². The van der Waals surface area contributed by atoms with Crippen LogP contribution in [0.4, 0.5) is 0 Å². The summed E-state index contributed by atoms with van der Waals surface area (Å²) in [6, 6.07) is 9.54. The first-order chi connectivity index (χ1) is 9.59. The van der Waals surface area contributed by atoms with Crippen molar-refractivity contribution < 1.29 is 9.59 Å². The predicted octanol–water partition coefficient (Wildman–Crippen LogP) is 0.671. The van der Waals surface area contributed by atoms with Gasteiger partial charge in [-0.3, -0.25) is 9.59 Å². The van der Waals surface area contributed by atoms with Gasteiger partial charge in [0.2, 0.25) is 11.8 Å². The second kappa shape index (κ2) is 6.52. The van der Waals surface area contributed by atoms with Crippen LogP contribution in [-0.2, 0) is 9.59 Å². The van der Waals surface area contributed by atoms with E-state index in [1.54, 1.807) is 4.90 Å². The van der Waals surface area contributed by atoms with Crippen molar-refractivity contribution in [2.75, 3.05) is 19.6 Å². The molecule has 1 saturated heterocycles. The first-order valence-electron chi connectivity index (χ1n) is 6.94. The van der Waals surface area contributed by atoms with Gasteiger partial charge in [0, 0.05) is 6.54 Å². The van der Waals surface area contributed by atoms with Crippen LogP contribution in [0, 0.1) is 5.92 Å². The Morgan fingerprint density at radius 2 is 2.10 bits per heavy atom. The summed E-state index contributed by atoms with van der Waals surface area (Å²) in [4.78, 5) is 25.4. The Bertz CT molecular complexity index is 469. The van der Waals surface area contributed by atoms with Crippen molar-refractivity contribution in [3.8, 4) is 0 Å². The molecule has 5 nitrogen and oxygen atoms in total. The van der Waals surface area contributed by atoms with E-state index in [0.717, 1.165) is 18.5 Å². The van der Waals surface area contributed by atoms with E-state index in [0.29, 0.717) is 6.54 Å². The first-order valence-corrected chi connectivity index (χ1v) is 6.94. The van der Waals surface area contributed by atoms with Crippen LogP contribution in [0.15, 0.2) is 30.3 Å². The highest BCUT2D eigenvalue weighted by atomic mass is 16.2. The van der Waals surface area contributed by atoms with Crippen molar-refractivity contribution in [2.24, 2.45) is 11.7 Å². The maximum atomic E-state index is 12.6. The molecule has 5 heteroatoms. The maximum Gasteiger partial charge on any atom is 0.237 e. The van der Waals surface area contributed by atoms with Gasteiger partial charge in [-0.25, -0.2) is 0 Å². The highest BCUT2D eigenvalue weighted by Crippen LogP contribution is 2.23. The second-order valence-corrected chi connectivity index (χ2v) is 5.21. The summed E-state index contributed by atoms with van der Waals surface area (Å²) in [6.45, 7) is 3.42. The van der Waals surface area contributed by atoms with Gasteiger partial charge in [0.15, 0.2) is 0 Å². The third kappa shape index (κ3) is 3.36. The summed E-state index contributed by atoms with van der Waals surface area (Å²) < 4.78 is 0. The molecule has 20 heavy (non-hydrogen) atoms. The van der Waals surface area contributed by atoms with Crippen LogP contribution < -0.4 is 11.1 Å². The van der Waals surface area contributed by atoms with Gasteiger partial charge in [-0.2, -0.15) is 0 Å². The number of carbonyl (C=O) groups excluding carboxylic acids is 2. The highest BCUT2D eigenvalue weighted by molar-refractivity contribution is 5.85. The smallest absolute Gasteiger partial charge is 0.237 e. The maximum absolute atomic E-state index is 12.6. The van der Waals surface area contributed by atoms with Crippen molar-refractivity contribution in [2.45, 2.75) is 19.4 Å². The third-order valence-corrected chi connectivity index (χ3v) is 3.77. The zero-order valence-corrected chi connectivity index (χ0v) is 11.7. The van der Waals surface area contributed by atoms with Crippen molar-refractivity contribution in [3.05, 3.63) is 35.9 Å². The molecular weight excluding hydrogens is 254 g/mol. The molecular formula is C15H21N3O2. The van der Waals surface area contributed by atoms with E-state index in [2.05, 4.69) is 5.32 Å². The lowest BCUT2D eigenvalue weighted by molar-refractivity contribution is -0.140. The molecule has 1 fully saturated rings. The topological polar surface area (TPSA) is 75.4 Å². The summed E-state index contributed by atoms with van der Waals surface area (Å²) >= 11 is 0. The molecule has 0 bridgehead atoms. The molecule has 1 aromatic carbocycles. The van der Waals surface area contributed by atoms with Crippen LogP contribution >= 0.6 is 0 Å². The number of primary amides is 1. The number of nitrogens with one attached hydrogen (secondary N) is 1. The van der Waals surface area contributed by atoms with E-state index >= 15 is 0 Å². The number of benzene rings is 1. The molecule has 0 saturated carbocycles. The predicted molar refractivity (Wildman–Crippen MR) is 76.7 cm³/mol. The van der Waals surface area contributed by atoms with Crippen molar-refractivity contribution in [1.82, 2.24) is 10.2 Å². The second-order valence-electron chi connectivity index (χ2n) is 5.21. The van der Waals surface area contributed by atoms with E-state index in [9.17, 15) is 9.59 Å². The fourth-order valence-corrected chi connectivity index (χ4v) is 2.59. The van der Waals surface area contributed by atoms with Gasteiger partial charge < -0.3 is 16.0 Å². The molecule has 2 rings (SSSR count). The molecule has 1 unspecified atom stereocenters. The Kier molecular flexibility index (Phi) is 4.74. The van der Waals surface area contributed by atoms with Crippen molar-refractivity contribution in [1.29, 1.82) is 0 Å². The van der Waals surface area contributed by atoms with E-state index < -0.39 is 5.91 Å². The Balaban J connectivity index is 2.18. The van der Waals surface area contributed by atoms with Crippen LogP contribution in [0.5, 0.6) is 0 Å². The van der Waals surface area contributed by atoms with Gasteiger partial charge in [-0.1, -0.05) is 30.3 Å². The molecule has 0 aliphatic carbocycles. The summed E-state index contributed by atoms with van der Waals surface area (Å²) in [7, 11) is 0. The summed E-state index contributed by atoms with van der Waals surface area (Å²) in [5.74, 6) is -0.530. The fourth-order valence-electron chi connectivity index (χ4n) is 2.59. The lowest BCUT2D eigenvalue weighted by atomic mass is 10.0. The van der Waals surface area contributed by atoms with Gasteiger partial charge in [-0.05, 0) is 25.5 Å². The van der Waals surface area contributed by atoms with Gasteiger partial charge in [0.05, 0.1) is 18.5 Å². The van der Waals surface area contributed by atoms with Crippen LogP contribution in [0.3, 0.4) is 0 Å². The minimum absolute atomic E-state index is 0.00477. The third-order valence-electron chi connectivity index (χ3n) is 3.77. The minimum atomic E-state index is -0.480. The first kappa shape index (κ1) is 14.5. The molecule has 1 aliphatic heterocycles. The monoisotopic (exact) mass is 275 g/mol. The average molecular weight is 275 g/mol. The minimum Gasteiger partial charge on any atom is -0.368 e. The van der Waals surface area contributed by atoms with Crippen LogP contribution in [-0.4, -0.2) is 36.3 Å². The Morgan fingerprint density at radius 1 is 1.40 bits per heavy atom. The van der Waals surface area contributed by atoms with Crippen LogP contribution in [0.25, 0.3) is 0 Å². The molecule has 1 aliphatic rings. The number of amides is 2. The average Bonchev–Trinajstić information content (AvgIpc) is 2.98. The molecule has 0 aromatic heterocycles. The zero-order valence-electron chi connectivity index (χ0n) is 11.7. The Morgan fingerprint density at radius 3 is 2.65 bits per heavy atom. The molecule has 2 amide bonds. The summed E-state index contributed by atoms with van der Waals surface area (Å²) in [6.07, 6.45) is 0.815. The molecule has 1 aromatic rings. The molecule has 108 valence electrons. The van der Waals surface area contributed by atoms with Crippen molar-refractivity contribution >= 4 is 11.8 Å². The highest BCUT2D eigenvalue weighted by Gasteiger charge is 2.31. The van der Waals surface area contributed by atoms with E-state index in [1.165, 1.54) is 0 Å². The van der Waals surface area contributed by atoms with Gasteiger partial charge in [0.1, 0.15) is 0 Å². The number of carbonyl (C=O) groups is 2. The quantitative estimate of drug-likeness (QED) is 0.829. The van der Waals surface area contributed by atoms with Gasteiger partial charge in [-0.15, -0.1) is 0 Å². The summed E-state index contributed by atoms with van der Waals surface area (Å²) in [5, 5.41) is 3.18. The number of rotatable bonds is 5. The molecule has 1 heterocycles. The zero-order chi connectivity index (χ0) is 14.5. The standard InChI is InChI=1S/C15H21N3O2/c1-11(12-5-3-2-4-6-12)18(10-14(16)19)15(20)13-7-8-17-9-13/h2-6,11,13,17H,7-10H2,1H3,(H2,16,19)/t11-,13?/m1/s1. The van der Waals surface area contributed by atoms with Crippen molar-refractivity contribution in [3.63, 3.8) is 0 Å². The number of nitrogens with two attached hydrogens (primary N) is 1. The van der Waals surface area contributed by atoms with E-state index in [1.807, 2.05) is 37.3 Å². The number of hydrogen-bond donors (Lipinski definition) is 2. The lowest BCUT2D eigenvalue weighted by Gasteiger charge is -2.30. The van der Waals surface area contributed by atoms with Crippen LogP contribution in [0.1, 0.15) is 24.9 Å². The SMILES string of the molecule is C[C@H](c1ccccc1)N(CC(N)=O)C(=O)C1CCNC1. The molecule has 0 spiro atoms. The normalized spacial score (nSPS) is 19.6. The van der Waals surface area contributed by atoms with E-state index in [4.69, 9.17) is 5.73 Å². The number of nitrogens with zero attached hydrogens (tertiary/aromatic N) is 1. The van der Waals surface area contributed by atoms with Gasteiger partial charge in [0.25, 0.3) is 0 Å². The summed E-state index contributed by atoms with van der Waals surface area (Å²) in [5.41, 5.74) is 6.30. The fraction of sp³-hybridized carbons (Fsp3) is 0.467. The largest absolute Gasteiger partial charge is 0.368 e. The molecule has 2 atom stereocenters. The molecule has 3 N–H and O–H groups in total. The van der Waals surface area contributed by atoms with E-state index in [-0.39, 0.29) is 24.4 Å². The van der Waals surface area contributed by atoms with Gasteiger partial charge >= 0.3 is 0 Å². The number of hydrogen-bond acceptors (Lipinski definition) is 3. The lowest BCUT2D eigenvalue weighted by Crippen LogP contribution is -2.43. The Hall–Kier alpha value is -1.88. The molecule has 0 radical (unpaired) electrons.